The molecule has 19 heavy (non-hydrogen) atoms. The van der Waals surface area contributed by atoms with Crippen molar-refractivity contribution in [2.75, 3.05) is 33.8 Å². The van der Waals surface area contributed by atoms with Crippen molar-refractivity contribution in [1.29, 1.82) is 0 Å². The molecular weight excluding hydrogens is 240 g/mol. The summed E-state index contributed by atoms with van der Waals surface area (Å²) in [5.41, 5.74) is 1.77. The topological polar surface area (TPSA) is 41.6 Å². The van der Waals surface area contributed by atoms with Crippen molar-refractivity contribution in [1.82, 2.24) is 10.2 Å². The van der Waals surface area contributed by atoms with Crippen LogP contribution >= 0.6 is 0 Å². The molecule has 1 fully saturated rings. The molecule has 4 heteroatoms. The molecule has 1 heterocycles. The van der Waals surface area contributed by atoms with Crippen molar-refractivity contribution in [2.45, 2.75) is 19.4 Å². The van der Waals surface area contributed by atoms with Gasteiger partial charge in [0.05, 0.1) is 7.11 Å². The van der Waals surface area contributed by atoms with E-state index in [4.69, 9.17) is 4.74 Å². The van der Waals surface area contributed by atoms with Gasteiger partial charge in [0.25, 0.3) is 0 Å². The smallest absolute Gasteiger partial charge is 0.164 e. The van der Waals surface area contributed by atoms with Crippen molar-refractivity contribution in [3.63, 3.8) is 0 Å². The molecule has 1 aromatic carbocycles. The van der Waals surface area contributed by atoms with Gasteiger partial charge in [0.15, 0.2) is 5.78 Å². The van der Waals surface area contributed by atoms with Gasteiger partial charge in [0.2, 0.25) is 0 Å². The third kappa shape index (κ3) is 3.55. The maximum Gasteiger partial charge on any atom is 0.164 e. The van der Waals surface area contributed by atoms with Gasteiger partial charge in [-0.3, -0.25) is 4.79 Å². The number of rotatable bonds is 4. The third-order valence-electron chi connectivity index (χ3n) is 3.61. The van der Waals surface area contributed by atoms with E-state index in [1.165, 1.54) is 0 Å². The van der Waals surface area contributed by atoms with Crippen molar-refractivity contribution in [3.8, 4) is 5.75 Å². The molecule has 1 atom stereocenters. The number of carbonyl (C=O) groups is 1. The summed E-state index contributed by atoms with van der Waals surface area (Å²) >= 11 is 0. The highest BCUT2D eigenvalue weighted by atomic mass is 16.5. The number of ether oxygens (including phenoxy) is 1. The van der Waals surface area contributed by atoms with Crippen molar-refractivity contribution >= 4 is 5.78 Å². The van der Waals surface area contributed by atoms with Crippen LogP contribution in [-0.4, -0.2) is 50.5 Å². The molecule has 0 amide bonds. The molecule has 1 aliphatic rings. The first kappa shape index (κ1) is 14.0. The number of Topliss-reactive ketones (excluding diaryl/α,β-unsaturated/α-hetero) is 1. The fraction of sp³-hybridized carbons (Fsp3) is 0.533. The summed E-state index contributed by atoms with van der Waals surface area (Å²) in [5, 5.41) is 3.40. The fourth-order valence-corrected chi connectivity index (χ4v) is 2.52. The quantitative estimate of drug-likeness (QED) is 0.835. The number of benzene rings is 1. The van der Waals surface area contributed by atoms with Crippen LogP contribution < -0.4 is 10.1 Å². The van der Waals surface area contributed by atoms with Crippen LogP contribution in [0.25, 0.3) is 0 Å². The highest BCUT2D eigenvalue weighted by molar-refractivity contribution is 5.96. The Hall–Kier alpha value is -1.39. The van der Waals surface area contributed by atoms with Gasteiger partial charge in [0.1, 0.15) is 5.75 Å². The highest BCUT2D eigenvalue weighted by Gasteiger charge is 2.20. The number of nitrogens with zero attached hydrogens (tertiary/aromatic N) is 1. The van der Waals surface area contributed by atoms with E-state index >= 15 is 0 Å². The zero-order valence-corrected chi connectivity index (χ0v) is 11.9. The standard InChI is InChI=1S/C15H22N2O2/c1-11-8-12(4-5-15(11)19-3)14(18)9-13-10-17(2)7-6-16-13/h4-5,8,13,16H,6-7,9-10H2,1-3H3. The van der Waals surface area contributed by atoms with Gasteiger partial charge in [-0.25, -0.2) is 0 Å². The Morgan fingerprint density at radius 3 is 2.95 bits per heavy atom. The molecule has 0 radical (unpaired) electrons. The molecule has 104 valence electrons. The second kappa shape index (κ2) is 6.17. The van der Waals surface area contributed by atoms with Gasteiger partial charge in [-0.2, -0.15) is 0 Å². The maximum absolute atomic E-state index is 12.3. The molecule has 2 rings (SSSR count). The molecule has 0 saturated carbocycles. The number of ketones is 1. The first-order valence-electron chi connectivity index (χ1n) is 6.70. The molecule has 1 aromatic rings. The number of hydrogen-bond donors (Lipinski definition) is 1. The lowest BCUT2D eigenvalue weighted by Crippen LogP contribution is -2.49. The van der Waals surface area contributed by atoms with Gasteiger partial charge in [-0.05, 0) is 37.7 Å². The van der Waals surface area contributed by atoms with Crippen LogP contribution in [0.4, 0.5) is 0 Å². The predicted octanol–water partition coefficient (Wildman–Crippen LogP) is 1.48. The molecule has 0 spiro atoms. The highest BCUT2D eigenvalue weighted by Crippen LogP contribution is 2.19. The number of likely N-dealkylation sites (N-methyl/N-ethyl adjacent to an activating group) is 1. The summed E-state index contributed by atoms with van der Waals surface area (Å²) in [5.74, 6) is 1.02. The van der Waals surface area contributed by atoms with Gasteiger partial charge in [-0.1, -0.05) is 0 Å². The minimum absolute atomic E-state index is 0.193. The van der Waals surface area contributed by atoms with Crippen molar-refractivity contribution in [2.24, 2.45) is 0 Å². The average molecular weight is 262 g/mol. The van der Waals surface area contributed by atoms with E-state index in [2.05, 4.69) is 17.3 Å². The Balaban J connectivity index is 2.01. The molecule has 4 nitrogen and oxygen atoms in total. The van der Waals surface area contributed by atoms with E-state index in [0.29, 0.717) is 6.42 Å². The van der Waals surface area contributed by atoms with E-state index in [-0.39, 0.29) is 11.8 Å². The van der Waals surface area contributed by atoms with Crippen LogP contribution in [0.3, 0.4) is 0 Å². The minimum atomic E-state index is 0.193. The SMILES string of the molecule is COc1ccc(C(=O)CC2CN(C)CCN2)cc1C. The molecule has 0 bridgehead atoms. The molecular formula is C15H22N2O2. The Kier molecular flexibility index (Phi) is 4.56. The fourth-order valence-electron chi connectivity index (χ4n) is 2.52. The third-order valence-corrected chi connectivity index (χ3v) is 3.61. The lowest BCUT2D eigenvalue weighted by atomic mass is 10.0. The molecule has 1 aliphatic heterocycles. The Morgan fingerprint density at radius 1 is 1.53 bits per heavy atom. The monoisotopic (exact) mass is 262 g/mol. The normalized spacial score (nSPS) is 20.3. The Morgan fingerprint density at radius 2 is 2.32 bits per heavy atom. The van der Waals surface area contributed by atoms with E-state index in [1.807, 2.05) is 25.1 Å². The van der Waals surface area contributed by atoms with Crippen molar-refractivity contribution < 1.29 is 9.53 Å². The van der Waals surface area contributed by atoms with Crippen LogP contribution in [0.15, 0.2) is 18.2 Å². The zero-order chi connectivity index (χ0) is 13.8. The van der Waals surface area contributed by atoms with Crippen LogP contribution in [0.2, 0.25) is 0 Å². The van der Waals surface area contributed by atoms with Crippen LogP contribution in [0.1, 0.15) is 22.3 Å². The summed E-state index contributed by atoms with van der Waals surface area (Å²) in [6, 6.07) is 5.88. The van der Waals surface area contributed by atoms with Crippen LogP contribution in [-0.2, 0) is 0 Å². The number of piperazine rings is 1. The zero-order valence-electron chi connectivity index (χ0n) is 11.9. The molecule has 1 N–H and O–H groups in total. The number of aryl methyl sites for hydroxylation is 1. The summed E-state index contributed by atoms with van der Waals surface area (Å²) < 4.78 is 5.21. The second-order valence-electron chi connectivity index (χ2n) is 5.22. The number of methoxy groups -OCH3 is 1. The van der Waals surface area contributed by atoms with E-state index in [0.717, 1.165) is 36.5 Å². The molecule has 1 unspecified atom stereocenters. The van der Waals surface area contributed by atoms with Gasteiger partial charge in [0, 0.05) is 37.7 Å². The summed E-state index contributed by atoms with van der Waals surface area (Å²) in [4.78, 5) is 14.5. The lowest BCUT2D eigenvalue weighted by Gasteiger charge is -2.30. The Bertz CT molecular complexity index is 459. The summed E-state index contributed by atoms with van der Waals surface area (Å²) in [6.45, 7) is 4.89. The molecule has 0 aromatic heterocycles. The van der Waals surface area contributed by atoms with Gasteiger partial charge in [-0.15, -0.1) is 0 Å². The summed E-state index contributed by atoms with van der Waals surface area (Å²) in [6.07, 6.45) is 0.552. The first-order chi connectivity index (χ1) is 9.10. The second-order valence-corrected chi connectivity index (χ2v) is 5.22. The lowest BCUT2D eigenvalue weighted by molar-refractivity contribution is 0.0952. The van der Waals surface area contributed by atoms with Crippen LogP contribution in [0, 0.1) is 6.92 Å². The first-order valence-corrected chi connectivity index (χ1v) is 6.70. The largest absolute Gasteiger partial charge is 0.496 e. The van der Waals surface area contributed by atoms with Crippen LogP contribution in [0.5, 0.6) is 5.75 Å². The van der Waals surface area contributed by atoms with Gasteiger partial charge < -0.3 is 15.0 Å². The van der Waals surface area contributed by atoms with Gasteiger partial charge >= 0.3 is 0 Å². The predicted molar refractivity (Wildman–Crippen MR) is 76.0 cm³/mol. The number of carbonyl (C=O) groups excluding carboxylic acids is 1. The molecule has 1 saturated heterocycles. The average Bonchev–Trinajstić information content (AvgIpc) is 2.38. The summed E-state index contributed by atoms with van der Waals surface area (Å²) in [7, 11) is 3.74. The maximum atomic E-state index is 12.3. The number of nitrogens with one attached hydrogen (secondary N) is 1. The minimum Gasteiger partial charge on any atom is -0.496 e. The Labute approximate surface area is 114 Å². The molecule has 0 aliphatic carbocycles. The number of hydrogen-bond acceptors (Lipinski definition) is 4. The van der Waals surface area contributed by atoms with E-state index in [1.54, 1.807) is 7.11 Å². The van der Waals surface area contributed by atoms with E-state index < -0.39 is 0 Å². The van der Waals surface area contributed by atoms with E-state index in [9.17, 15) is 4.79 Å². The van der Waals surface area contributed by atoms with Crippen molar-refractivity contribution in [3.05, 3.63) is 29.3 Å².